The number of hydrogen-bond donors (Lipinski definition) is 1. The fourth-order valence-electron chi connectivity index (χ4n) is 3.49. The van der Waals surface area contributed by atoms with E-state index in [4.69, 9.17) is 14.2 Å². The van der Waals surface area contributed by atoms with Gasteiger partial charge in [0, 0.05) is 30.0 Å². The number of pyridine rings is 1. The van der Waals surface area contributed by atoms with Gasteiger partial charge >= 0.3 is 0 Å². The number of amides is 1. The van der Waals surface area contributed by atoms with Gasteiger partial charge in [0.25, 0.3) is 5.91 Å². The number of thiazole rings is 1. The van der Waals surface area contributed by atoms with Gasteiger partial charge in [-0.05, 0) is 36.4 Å². The van der Waals surface area contributed by atoms with Crippen molar-refractivity contribution in [2.24, 2.45) is 0 Å². The van der Waals surface area contributed by atoms with Crippen LogP contribution in [0, 0.1) is 0 Å². The quantitative estimate of drug-likeness (QED) is 0.292. The number of anilines is 1. The maximum absolute atomic E-state index is 12.6. The van der Waals surface area contributed by atoms with Gasteiger partial charge in [-0.15, -0.1) is 11.3 Å². The zero-order valence-electron chi connectivity index (χ0n) is 19.3. The summed E-state index contributed by atoms with van der Waals surface area (Å²) in [5.41, 5.74) is 1.39. The van der Waals surface area contributed by atoms with Crippen molar-refractivity contribution in [2.75, 3.05) is 25.8 Å². The Labute approximate surface area is 214 Å². The minimum Gasteiger partial charge on any atom is -0.493 e. The highest BCUT2D eigenvalue weighted by Crippen LogP contribution is 2.38. The van der Waals surface area contributed by atoms with E-state index in [9.17, 15) is 13.2 Å². The molecule has 0 bridgehead atoms. The molecule has 5 rings (SSSR count). The van der Waals surface area contributed by atoms with Crippen LogP contribution in [0.1, 0.15) is 9.67 Å². The summed E-state index contributed by atoms with van der Waals surface area (Å²) >= 11 is 2.20. The second-order valence-electron chi connectivity index (χ2n) is 7.63. The minimum atomic E-state index is -3.37. The van der Waals surface area contributed by atoms with Gasteiger partial charge in [0.2, 0.25) is 0 Å². The van der Waals surface area contributed by atoms with Crippen LogP contribution in [0.5, 0.6) is 23.0 Å². The summed E-state index contributed by atoms with van der Waals surface area (Å²) in [6, 6.07) is 13.7. The Morgan fingerprint density at radius 3 is 2.42 bits per heavy atom. The maximum Gasteiger partial charge on any atom is 0.267 e. The average molecular weight is 542 g/mol. The lowest BCUT2D eigenvalue weighted by molar-refractivity contribution is 0.103. The maximum atomic E-state index is 12.6. The van der Waals surface area contributed by atoms with E-state index < -0.39 is 15.7 Å². The number of hydrogen-bond acceptors (Lipinski definition) is 10. The van der Waals surface area contributed by atoms with E-state index in [1.165, 1.54) is 23.5 Å². The molecule has 1 N–H and O–H groups in total. The minimum absolute atomic E-state index is 0.137. The Hall–Kier alpha value is -3.74. The number of nitrogens with one attached hydrogen (secondary N) is 1. The molecule has 0 saturated carbocycles. The molecule has 0 atom stereocenters. The Balaban J connectivity index is 1.40. The zero-order chi connectivity index (χ0) is 25.4. The molecule has 36 heavy (non-hydrogen) atoms. The van der Waals surface area contributed by atoms with Crippen LogP contribution in [0.2, 0.25) is 0 Å². The Kier molecular flexibility index (Phi) is 6.24. The Morgan fingerprint density at radius 1 is 0.917 bits per heavy atom. The molecule has 1 amide bonds. The van der Waals surface area contributed by atoms with Crippen LogP contribution >= 0.6 is 22.7 Å². The van der Waals surface area contributed by atoms with Crippen molar-refractivity contribution in [2.45, 2.75) is 4.21 Å². The van der Waals surface area contributed by atoms with Crippen LogP contribution in [0.25, 0.3) is 21.1 Å². The highest BCUT2D eigenvalue weighted by atomic mass is 32.2. The summed E-state index contributed by atoms with van der Waals surface area (Å²) in [5.74, 6) is 1.90. The van der Waals surface area contributed by atoms with Crippen LogP contribution in [-0.2, 0) is 9.84 Å². The molecule has 3 heterocycles. The molecule has 0 aliphatic heterocycles. The molecule has 0 radical (unpaired) electrons. The number of sulfone groups is 1. The fraction of sp³-hybridized carbons (Fsp3) is 0.125. The van der Waals surface area contributed by atoms with Gasteiger partial charge in [-0.25, -0.2) is 13.4 Å². The normalized spacial score (nSPS) is 11.5. The molecule has 0 aliphatic rings. The van der Waals surface area contributed by atoms with Crippen molar-refractivity contribution in [1.82, 2.24) is 9.97 Å². The number of thiophene rings is 1. The molecule has 0 fully saturated rings. The molecule has 3 aromatic heterocycles. The Bertz CT molecular complexity index is 1730. The van der Waals surface area contributed by atoms with Crippen molar-refractivity contribution in [1.29, 1.82) is 0 Å². The molecule has 0 saturated heterocycles. The first kappa shape index (κ1) is 24.0. The van der Waals surface area contributed by atoms with Crippen LogP contribution in [0.15, 0.2) is 58.9 Å². The molecule has 9 nitrogen and oxygen atoms in total. The zero-order valence-corrected chi connectivity index (χ0v) is 21.7. The van der Waals surface area contributed by atoms with E-state index in [0.717, 1.165) is 27.7 Å². The molecule has 0 unspecified atom stereocenters. The molecular formula is C24H19N3O6S3. The van der Waals surface area contributed by atoms with Gasteiger partial charge < -0.3 is 14.2 Å². The largest absolute Gasteiger partial charge is 0.493 e. The third-order valence-electron chi connectivity index (χ3n) is 5.19. The molecule has 12 heteroatoms. The van der Waals surface area contributed by atoms with Crippen LogP contribution < -0.4 is 19.5 Å². The van der Waals surface area contributed by atoms with Crippen LogP contribution in [0.3, 0.4) is 0 Å². The second-order valence-corrected chi connectivity index (χ2v) is 12.0. The number of fused-ring (bicyclic) bond motifs is 2. The fourth-order valence-corrected chi connectivity index (χ4v) is 6.20. The van der Waals surface area contributed by atoms with Gasteiger partial charge in [0.05, 0.1) is 34.8 Å². The van der Waals surface area contributed by atoms with Crippen molar-refractivity contribution in [3.63, 3.8) is 0 Å². The third kappa shape index (κ3) is 4.70. The van der Waals surface area contributed by atoms with Gasteiger partial charge in [0.1, 0.15) is 15.7 Å². The van der Waals surface area contributed by atoms with E-state index >= 15 is 0 Å². The van der Waals surface area contributed by atoms with Gasteiger partial charge in [0.15, 0.2) is 26.5 Å². The van der Waals surface area contributed by atoms with E-state index in [-0.39, 0.29) is 9.09 Å². The summed E-state index contributed by atoms with van der Waals surface area (Å²) in [6.07, 6.45) is 2.76. The number of ether oxygens (including phenoxy) is 3. The molecule has 0 aliphatic carbocycles. The lowest BCUT2D eigenvalue weighted by Crippen LogP contribution is -2.09. The standard InChI is InChI=1S/C24H19N3O6S3/c1-31-18-11-14-16(12-19(18)32-2)25-9-8-17(14)33-13-4-5-15-21(10-13)35-24(26-15)27-23(28)20-6-7-22(34-20)36(3,29)30/h4-12H,1-3H3,(H,26,27,28). The van der Waals surface area contributed by atoms with Crippen molar-refractivity contribution in [3.05, 3.63) is 59.6 Å². The molecule has 184 valence electrons. The smallest absolute Gasteiger partial charge is 0.267 e. The third-order valence-corrected chi connectivity index (χ3v) is 9.02. The van der Waals surface area contributed by atoms with Crippen LogP contribution in [-0.4, -0.2) is 44.8 Å². The van der Waals surface area contributed by atoms with Gasteiger partial charge in [-0.2, -0.15) is 0 Å². The number of nitrogens with zero attached hydrogens (tertiary/aromatic N) is 2. The summed E-state index contributed by atoms with van der Waals surface area (Å²) in [7, 11) is -0.232. The SMILES string of the molecule is COc1cc2nccc(Oc3ccc4nc(NC(=O)c5ccc(S(C)(=O)=O)s5)sc4c3)c2cc1OC. The monoisotopic (exact) mass is 541 g/mol. The number of benzene rings is 2. The number of aromatic nitrogens is 2. The predicted octanol–water partition coefficient (Wildman–Crippen LogP) is 5.37. The lowest BCUT2D eigenvalue weighted by Gasteiger charge is -2.12. The highest BCUT2D eigenvalue weighted by molar-refractivity contribution is 7.92. The summed E-state index contributed by atoms with van der Waals surface area (Å²) in [5, 5.41) is 3.90. The molecule has 0 spiro atoms. The highest BCUT2D eigenvalue weighted by Gasteiger charge is 2.17. The first-order valence-corrected chi connectivity index (χ1v) is 14.0. The predicted molar refractivity (Wildman–Crippen MR) is 140 cm³/mol. The van der Waals surface area contributed by atoms with Crippen molar-refractivity contribution < 1.29 is 27.4 Å². The number of methoxy groups -OCH3 is 2. The summed E-state index contributed by atoms with van der Waals surface area (Å²) < 4.78 is 41.2. The number of rotatable bonds is 7. The second kappa shape index (κ2) is 9.37. The lowest BCUT2D eigenvalue weighted by atomic mass is 10.2. The molecule has 2 aromatic carbocycles. The first-order chi connectivity index (χ1) is 17.2. The van der Waals surface area contributed by atoms with E-state index in [2.05, 4.69) is 15.3 Å². The van der Waals surface area contributed by atoms with Gasteiger partial charge in [-0.1, -0.05) is 11.3 Å². The molecule has 5 aromatic rings. The van der Waals surface area contributed by atoms with Crippen LogP contribution in [0.4, 0.5) is 5.13 Å². The van der Waals surface area contributed by atoms with Gasteiger partial charge in [-0.3, -0.25) is 15.1 Å². The van der Waals surface area contributed by atoms with E-state index in [0.29, 0.717) is 39.2 Å². The van der Waals surface area contributed by atoms with Crippen molar-refractivity contribution >= 4 is 64.7 Å². The van der Waals surface area contributed by atoms with E-state index in [1.54, 1.807) is 44.7 Å². The first-order valence-electron chi connectivity index (χ1n) is 10.5. The number of carbonyl (C=O) groups excluding carboxylic acids is 1. The molecular weight excluding hydrogens is 522 g/mol. The Morgan fingerprint density at radius 2 is 1.69 bits per heavy atom. The summed E-state index contributed by atoms with van der Waals surface area (Å²) in [6.45, 7) is 0. The van der Waals surface area contributed by atoms with E-state index in [1.807, 2.05) is 12.1 Å². The number of carbonyl (C=O) groups is 1. The average Bonchev–Trinajstić information content (AvgIpc) is 3.50. The summed E-state index contributed by atoms with van der Waals surface area (Å²) in [4.78, 5) is 21.7. The topological polar surface area (TPSA) is 117 Å². The van der Waals surface area contributed by atoms with Crippen molar-refractivity contribution in [3.8, 4) is 23.0 Å².